The number of rotatable bonds is 3. The molecule has 3 heterocycles. The van der Waals surface area contributed by atoms with Crippen molar-refractivity contribution in [3.63, 3.8) is 0 Å². The minimum atomic E-state index is -0.0833. The Morgan fingerprint density at radius 1 is 1.17 bits per heavy atom. The number of pyridine rings is 2. The van der Waals surface area contributed by atoms with E-state index in [9.17, 15) is 4.79 Å². The highest BCUT2D eigenvalue weighted by atomic mass is 79.9. The lowest BCUT2D eigenvalue weighted by Crippen LogP contribution is -2.44. The summed E-state index contributed by atoms with van der Waals surface area (Å²) in [6, 6.07) is 7.62. The molecular formula is C16H20BrN5O. The molecule has 122 valence electrons. The van der Waals surface area contributed by atoms with Crippen molar-refractivity contribution in [2.45, 2.75) is 0 Å². The van der Waals surface area contributed by atoms with Gasteiger partial charge in [0.1, 0.15) is 17.3 Å². The first-order chi connectivity index (χ1) is 11.0. The van der Waals surface area contributed by atoms with Gasteiger partial charge in [-0.2, -0.15) is 0 Å². The monoisotopic (exact) mass is 377 g/mol. The second-order valence-electron chi connectivity index (χ2n) is 5.78. The Morgan fingerprint density at radius 2 is 1.91 bits per heavy atom. The SMILES string of the molecule is CN1CCN(c2cccc(Nc3cc(Br)cn(C)c3=O)n2)CC1. The highest BCUT2D eigenvalue weighted by Gasteiger charge is 2.15. The van der Waals surface area contributed by atoms with Crippen LogP contribution in [0.25, 0.3) is 0 Å². The lowest BCUT2D eigenvalue weighted by atomic mass is 10.3. The summed E-state index contributed by atoms with van der Waals surface area (Å²) < 4.78 is 2.38. The second-order valence-corrected chi connectivity index (χ2v) is 6.70. The van der Waals surface area contributed by atoms with Gasteiger partial charge in [0.25, 0.3) is 5.56 Å². The van der Waals surface area contributed by atoms with Crippen molar-refractivity contribution in [2.75, 3.05) is 43.4 Å². The van der Waals surface area contributed by atoms with E-state index >= 15 is 0 Å². The van der Waals surface area contributed by atoms with Crippen LogP contribution in [-0.2, 0) is 7.05 Å². The number of nitrogens with zero attached hydrogens (tertiary/aromatic N) is 4. The van der Waals surface area contributed by atoms with Gasteiger partial charge in [0, 0.05) is 43.9 Å². The van der Waals surface area contributed by atoms with Crippen LogP contribution in [0.4, 0.5) is 17.3 Å². The molecule has 7 heteroatoms. The molecule has 0 amide bonds. The highest BCUT2D eigenvalue weighted by Crippen LogP contribution is 2.19. The van der Waals surface area contributed by atoms with Crippen LogP contribution in [0.15, 0.2) is 39.7 Å². The zero-order valence-corrected chi connectivity index (χ0v) is 14.9. The van der Waals surface area contributed by atoms with Gasteiger partial charge < -0.3 is 19.7 Å². The molecule has 1 N–H and O–H groups in total. The molecule has 6 nitrogen and oxygen atoms in total. The molecule has 0 bridgehead atoms. The van der Waals surface area contributed by atoms with Gasteiger partial charge in [-0.1, -0.05) is 6.07 Å². The minimum Gasteiger partial charge on any atom is -0.354 e. The molecule has 2 aromatic heterocycles. The van der Waals surface area contributed by atoms with Crippen LogP contribution in [0.5, 0.6) is 0 Å². The van der Waals surface area contributed by atoms with Crippen molar-refractivity contribution in [2.24, 2.45) is 7.05 Å². The van der Waals surface area contributed by atoms with Gasteiger partial charge in [-0.05, 0) is 41.2 Å². The fraction of sp³-hybridized carbons (Fsp3) is 0.375. The van der Waals surface area contributed by atoms with Gasteiger partial charge in [-0.15, -0.1) is 0 Å². The quantitative estimate of drug-likeness (QED) is 0.886. The number of aryl methyl sites for hydroxylation is 1. The van der Waals surface area contributed by atoms with Crippen LogP contribution in [0.3, 0.4) is 0 Å². The van der Waals surface area contributed by atoms with E-state index in [0.29, 0.717) is 11.5 Å². The van der Waals surface area contributed by atoms with Crippen molar-refractivity contribution in [3.05, 3.63) is 45.3 Å². The van der Waals surface area contributed by atoms with E-state index in [4.69, 9.17) is 0 Å². The fourth-order valence-electron chi connectivity index (χ4n) is 2.60. The van der Waals surface area contributed by atoms with Gasteiger partial charge >= 0.3 is 0 Å². The maximum atomic E-state index is 12.2. The summed E-state index contributed by atoms with van der Waals surface area (Å²) >= 11 is 3.41. The van der Waals surface area contributed by atoms with Gasteiger partial charge in [0.05, 0.1) is 0 Å². The number of hydrogen-bond donors (Lipinski definition) is 1. The third kappa shape index (κ3) is 3.73. The molecule has 1 aliphatic heterocycles. The summed E-state index contributed by atoms with van der Waals surface area (Å²) in [4.78, 5) is 21.4. The number of hydrogen-bond acceptors (Lipinski definition) is 5. The summed E-state index contributed by atoms with van der Waals surface area (Å²) in [5, 5.41) is 3.13. The molecule has 3 rings (SSSR count). The van der Waals surface area contributed by atoms with Crippen LogP contribution < -0.4 is 15.8 Å². The number of anilines is 3. The van der Waals surface area contributed by atoms with E-state index in [1.807, 2.05) is 18.2 Å². The minimum absolute atomic E-state index is 0.0833. The van der Waals surface area contributed by atoms with Gasteiger partial charge in [0.15, 0.2) is 0 Å². The van der Waals surface area contributed by atoms with Crippen LogP contribution in [0, 0.1) is 0 Å². The van der Waals surface area contributed by atoms with E-state index in [-0.39, 0.29) is 5.56 Å². The molecule has 23 heavy (non-hydrogen) atoms. The number of halogens is 1. The second kappa shape index (κ2) is 6.72. The first-order valence-electron chi connectivity index (χ1n) is 7.57. The zero-order valence-electron chi connectivity index (χ0n) is 13.3. The highest BCUT2D eigenvalue weighted by molar-refractivity contribution is 9.10. The van der Waals surface area contributed by atoms with Crippen molar-refractivity contribution >= 4 is 33.3 Å². The predicted molar refractivity (Wildman–Crippen MR) is 96.6 cm³/mol. The molecule has 0 spiro atoms. The average molecular weight is 378 g/mol. The Morgan fingerprint density at radius 3 is 2.65 bits per heavy atom. The molecular weight excluding hydrogens is 358 g/mol. The van der Waals surface area contributed by atoms with Crippen molar-refractivity contribution in [1.82, 2.24) is 14.5 Å². The van der Waals surface area contributed by atoms with Crippen LogP contribution >= 0.6 is 15.9 Å². The molecule has 0 radical (unpaired) electrons. The maximum absolute atomic E-state index is 12.2. The number of nitrogens with one attached hydrogen (secondary N) is 1. The standard InChI is InChI=1S/C16H20BrN5O/c1-20-6-8-22(9-7-20)15-5-3-4-14(19-15)18-13-10-12(17)11-21(2)16(13)23/h3-5,10-11H,6-9H2,1-2H3,(H,18,19). The zero-order chi connectivity index (χ0) is 16.4. The molecule has 1 fully saturated rings. The molecule has 1 aliphatic rings. The average Bonchev–Trinajstić information content (AvgIpc) is 2.53. The van der Waals surface area contributed by atoms with E-state index in [0.717, 1.165) is 36.5 Å². The first kappa shape index (κ1) is 16.0. The molecule has 1 saturated heterocycles. The first-order valence-corrected chi connectivity index (χ1v) is 8.36. The fourth-order valence-corrected chi connectivity index (χ4v) is 3.14. The molecule has 0 atom stereocenters. The van der Waals surface area contributed by atoms with Crippen LogP contribution in [0.2, 0.25) is 0 Å². The van der Waals surface area contributed by atoms with Crippen LogP contribution in [-0.4, -0.2) is 47.7 Å². The van der Waals surface area contributed by atoms with Crippen molar-refractivity contribution < 1.29 is 0 Å². The third-order valence-electron chi connectivity index (χ3n) is 3.97. The summed E-state index contributed by atoms with van der Waals surface area (Å²) in [5.74, 6) is 1.62. The Kier molecular flexibility index (Phi) is 4.68. The smallest absolute Gasteiger partial charge is 0.274 e. The molecule has 0 aliphatic carbocycles. The normalized spacial score (nSPS) is 15.7. The van der Waals surface area contributed by atoms with Gasteiger partial charge in [-0.3, -0.25) is 4.79 Å². The number of piperazine rings is 1. The summed E-state index contributed by atoms with van der Waals surface area (Å²) in [7, 11) is 3.86. The van der Waals surface area contributed by atoms with Gasteiger partial charge in [0.2, 0.25) is 0 Å². The third-order valence-corrected chi connectivity index (χ3v) is 4.41. The Balaban J connectivity index is 1.82. The van der Waals surface area contributed by atoms with E-state index in [1.165, 1.54) is 4.57 Å². The maximum Gasteiger partial charge on any atom is 0.274 e. The predicted octanol–water partition coefficient (Wildman–Crippen LogP) is 2.04. The Bertz CT molecular complexity index is 752. The topological polar surface area (TPSA) is 53.4 Å². The molecule has 0 unspecified atom stereocenters. The summed E-state index contributed by atoms with van der Waals surface area (Å²) in [6.45, 7) is 3.99. The van der Waals surface area contributed by atoms with Gasteiger partial charge in [-0.25, -0.2) is 4.98 Å². The molecule has 2 aromatic rings. The van der Waals surface area contributed by atoms with Crippen LogP contribution in [0.1, 0.15) is 0 Å². The Labute approximate surface area is 143 Å². The summed E-state index contributed by atoms with van der Waals surface area (Å²) in [5.41, 5.74) is 0.421. The van der Waals surface area contributed by atoms with E-state index < -0.39 is 0 Å². The van der Waals surface area contributed by atoms with E-state index in [1.54, 1.807) is 19.3 Å². The van der Waals surface area contributed by atoms with Crippen molar-refractivity contribution in [1.29, 1.82) is 0 Å². The largest absolute Gasteiger partial charge is 0.354 e. The number of likely N-dealkylation sites (N-methyl/N-ethyl adjacent to an activating group) is 1. The summed E-state index contributed by atoms with van der Waals surface area (Å²) in [6.07, 6.45) is 1.74. The lowest BCUT2D eigenvalue weighted by Gasteiger charge is -2.33. The lowest BCUT2D eigenvalue weighted by molar-refractivity contribution is 0.312. The molecule has 0 aromatic carbocycles. The Hall–Kier alpha value is -1.86. The molecule has 0 saturated carbocycles. The van der Waals surface area contributed by atoms with Crippen molar-refractivity contribution in [3.8, 4) is 0 Å². The number of aromatic nitrogens is 2. The van der Waals surface area contributed by atoms with E-state index in [2.05, 4.69) is 43.1 Å².